The van der Waals surface area contributed by atoms with Gasteiger partial charge in [-0.05, 0) is 49.9 Å². The van der Waals surface area contributed by atoms with Gasteiger partial charge in [0.1, 0.15) is 5.01 Å². The zero-order chi connectivity index (χ0) is 23.7. The molecule has 0 saturated carbocycles. The number of rotatable bonds is 7. The van der Waals surface area contributed by atoms with Gasteiger partial charge in [0.2, 0.25) is 5.75 Å². The second-order valence-electron chi connectivity index (χ2n) is 9.04. The third kappa shape index (κ3) is 4.44. The Balaban J connectivity index is 1.28. The summed E-state index contributed by atoms with van der Waals surface area (Å²) in [7, 11) is 4.67. The summed E-state index contributed by atoms with van der Waals surface area (Å²) in [5.41, 5.74) is 1.59. The molecule has 5 rings (SSSR count). The van der Waals surface area contributed by atoms with E-state index >= 15 is 0 Å². The van der Waals surface area contributed by atoms with Gasteiger partial charge in [-0.25, -0.2) is 4.98 Å². The van der Waals surface area contributed by atoms with Crippen LogP contribution in [-0.4, -0.2) is 55.2 Å². The molecule has 0 radical (unpaired) electrons. The molecular formula is C26H31N3O4S. The maximum atomic E-state index is 13.2. The second kappa shape index (κ2) is 9.80. The minimum Gasteiger partial charge on any atom is -0.493 e. The van der Waals surface area contributed by atoms with Crippen LogP contribution < -0.4 is 19.5 Å². The van der Waals surface area contributed by atoms with Gasteiger partial charge in [0.25, 0.3) is 5.91 Å². The van der Waals surface area contributed by atoms with Gasteiger partial charge in [0, 0.05) is 23.7 Å². The first-order valence-electron chi connectivity index (χ1n) is 11.8. The molecule has 8 heteroatoms. The number of carbonyl (C=O) groups excluding carboxylic acids is 1. The summed E-state index contributed by atoms with van der Waals surface area (Å²) in [6.07, 6.45) is 5.49. The number of para-hydroxylation sites is 1. The second-order valence-corrected chi connectivity index (χ2v) is 10.2. The first-order valence-corrected chi connectivity index (χ1v) is 12.6. The largest absolute Gasteiger partial charge is 0.493 e. The summed E-state index contributed by atoms with van der Waals surface area (Å²) in [6, 6.07) is 12.8. The number of thiazole rings is 1. The number of nitrogens with one attached hydrogen (secondary N) is 1. The van der Waals surface area contributed by atoms with E-state index in [9.17, 15) is 4.79 Å². The molecule has 34 heavy (non-hydrogen) atoms. The molecule has 1 amide bonds. The maximum absolute atomic E-state index is 13.2. The Morgan fingerprint density at radius 1 is 1.06 bits per heavy atom. The molecule has 0 aliphatic carbocycles. The number of benzene rings is 2. The summed E-state index contributed by atoms with van der Waals surface area (Å²) in [6.45, 7) is 0.891. The lowest BCUT2D eigenvalue weighted by molar-refractivity contribution is 0.0177. The minimum atomic E-state index is -0.109. The Morgan fingerprint density at radius 2 is 1.74 bits per heavy atom. The molecule has 2 aliphatic rings. The van der Waals surface area contributed by atoms with Crippen LogP contribution >= 0.6 is 11.3 Å². The van der Waals surface area contributed by atoms with Crippen molar-refractivity contribution in [2.75, 3.05) is 21.3 Å². The van der Waals surface area contributed by atoms with E-state index in [-0.39, 0.29) is 11.9 Å². The predicted octanol–water partition coefficient (Wildman–Crippen LogP) is 4.64. The van der Waals surface area contributed by atoms with E-state index in [1.54, 1.807) is 44.8 Å². The van der Waals surface area contributed by atoms with Crippen LogP contribution in [0.25, 0.3) is 10.2 Å². The standard InChI is InChI=1S/C26H31N3O4S/c1-31-21-11-16(12-22(32-2)25(21)33-3)26(30)27-17-13-18-7-6-8-19(14-17)29(18)15-24-28-20-9-4-5-10-23(20)34-24/h4-5,9-12,17-19H,6-8,13-15H2,1-3H3,(H,27,30)/t17?,18-,19+. The molecule has 1 aromatic heterocycles. The number of hydrogen-bond acceptors (Lipinski definition) is 7. The fraction of sp³-hybridized carbons (Fsp3) is 0.462. The van der Waals surface area contributed by atoms with Gasteiger partial charge in [-0.3, -0.25) is 9.69 Å². The van der Waals surface area contributed by atoms with E-state index in [4.69, 9.17) is 19.2 Å². The van der Waals surface area contributed by atoms with Crippen LogP contribution in [0.2, 0.25) is 0 Å². The maximum Gasteiger partial charge on any atom is 0.251 e. The van der Waals surface area contributed by atoms with Gasteiger partial charge in [-0.1, -0.05) is 18.6 Å². The lowest BCUT2D eigenvalue weighted by atomic mass is 9.81. The molecule has 3 aromatic rings. The van der Waals surface area contributed by atoms with Crippen LogP contribution in [0.1, 0.15) is 47.5 Å². The van der Waals surface area contributed by atoms with Crippen molar-refractivity contribution in [3.63, 3.8) is 0 Å². The van der Waals surface area contributed by atoms with Crippen molar-refractivity contribution in [3.05, 3.63) is 47.0 Å². The summed E-state index contributed by atoms with van der Waals surface area (Å²) in [5.74, 6) is 1.34. The normalized spacial score (nSPS) is 22.4. The van der Waals surface area contributed by atoms with Gasteiger partial charge < -0.3 is 19.5 Å². The highest BCUT2D eigenvalue weighted by Crippen LogP contribution is 2.39. The lowest BCUT2D eigenvalue weighted by Gasteiger charge is -2.48. The fourth-order valence-electron chi connectivity index (χ4n) is 5.48. The van der Waals surface area contributed by atoms with Crippen molar-refractivity contribution in [1.29, 1.82) is 0 Å². The molecule has 180 valence electrons. The third-order valence-electron chi connectivity index (χ3n) is 7.04. The van der Waals surface area contributed by atoms with Crippen molar-refractivity contribution >= 4 is 27.5 Å². The van der Waals surface area contributed by atoms with Crippen molar-refractivity contribution in [3.8, 4) is 17.2 Å². The summed E-state index contributed by atoms with van der Waals surface area (Å²) in [5, 5.41) is 4.46. The Bertz CT molecular complexity index is 1110. The Morgan fingerprint density at radius 3 is 2.35 bits per heavy atom. The number of methoxy groups -OCH3 is 3. The molecule has 2 saturated heterocycles. The van der Waals surface area contributed by atoms with Gasteiger partial charge in [-0.2, -0.15) is 0 Å². The summed E-state index contributed by atoms with van der Waals surface area (Å²) >= 11 is 1.79. The summed E-state index contributed by atoms with van der Waals surface area (Å²) < 4.78 is 17.5. The van der Waals surface area contributed by atoms with E-state index in [2.05, 4.69) is 28.4 Å². The molecule has 1 N–H and O–H groups in total. The summed E-state index contributed by atoms with van der Waals surface area (Å²) in [4.78, 5) is 20.6. The molecule has 0 spiro atoms. The monoisotopic (exact) mass is 481 g/mol. The molecule has 2 fully saturated rings. The van der Waals surface area contributed by atoms with E-state index in [1.165, 1.54) is 16.1 Å². The molecule has 2 aromatic carbocycles. The van der Waals surface area contributed by atoms with Crippen LogP contribution in [0.15, 0.2) is 36.4 Å². The van der Waals surface area contributed by atoms with Crippen molar-refractivity contribution < 1.29 is 19.0 Å². The van der Waals surface area contributed by atoms with Crippen LogP contribution in [0.3, 0.4) is 0 Å². The number of piperidine rings is 2. The average molecular weight is 482 g/mol. The number of amides is 1. The van der Waals surface area contributed by atoms with Crippen LogP contribution in [0, 0.1) is 0 Å². The molecule has 3 heterocycles. The zero-order valence-corrected chi connectivity index (χ0v) is 20.7. The van der Waals surface area contributed by atoms with Crippen LogP contribution in [0.5, 0.6) is 17.2 Å². The first kappa shape index (κ1) is 22.9. The number of nitrogens with zero attached hydrogens (tertiary/aromatic N) is 2. The topological polar surface area (TPSA) is 72.9 Å². The molecular weight excluding hydrogens is 450 g/mol. The Kier molecular flexibility index (Phi) is 6.61. The van der Waals surface area contributed by atoms with E-state index in [1.807, 2.05) is 6.07 Å². The predicted molar refractivity (Wildman–Crippen MR) is 133 cm³/mol. The van der Waals surface area contributed by atoms with Crippen molar-refractivity contribution in [2.45, 2.75) is 56.8 Å². The molecule has 1 unspecified atom stereocenters. The van der Waals surface area contributed by atoms with Gasteiger partial charge in [0.15, 0.2) is 11.5 Å². The van der Waals surface area contributed by atoms with Gasteiger partial charge in [0.05, 0.1) is 38.1 Å². The Hall–Kier alpha value is -2.84. The highest BCUT2D eigenvalue weighted by Gasteiger charge is 2.39. The first-order chi connectivity index (χ1) is 16.6. The fourth-order valence-corrected chi connectivity index (χ4v) is 6.46. The number of fused-ring (bicyclic) bond motifs is 3. The number of carbonyl (C=O) groups is 1. The zero-order valence-electron chi connectivity index (χ0n) is 19.9. The molecule has 2 aliphatic heterocycles. The lowest BCUT2D eigenvalue weighted by Crippen LogP contribution is -2.56. The average Bonchev–Trinajstić information content (AvgIpc) is 3.25. The van der Waals surface area contributed by atoms with E-state index in [0.717, 1.165) is 37.7 Å². The van der Waals surface area contributed by atoms with Crippen molar-refractivity contribution in [2.24, 2.45) is 0 Å². The van der Waals surface area contributed by atoms with Crippen LogP contribution in [-0.2, 0) is 6.54 Å². The quantitative estimate of drug-likeness (QED) is 0.530. The van der Waals surface area contributed by atoms with Crippen molar-refractivity contribution in [1.82, 2.24) is 15.2 Å². The number of ether oxygens (including phenoxy) is 3. The van der Waals surface area contributed by atoms with Crippen LogP contribution in [0.4, 0.5) is 0 Å². The van der Waals surface area contributed by atoms with Gasteiger partial charge >= 0.3 is 0 Å². The van der Waals surface area contributed by atoms with E-state index < -0.39 is 0 Å². The third-order valence-corrected chi connectivity index (χ3v) is 8.07. The molecule has 3 atom stereocenters. The molecule has 2 bridgehead atoms. The number of hydrogen-bond donors (Lipinski definition) is 1. The highest BCUT2D eigenvalue weighted by atomic mass is 32.1. The minimum absolute atomic E-state index is 0.109. The smallest absolute Gasteiger partial charge is 0.251 e. The number of aromatic nitrogens is 1. The highest BCUT2D eigenvalue weighted by molar-refractivity contribution is 7.18. The van der Waals surface area contributed by atoms with E-state index in [0.29, 0.717) is 34.9 Å². The SMILES string of the molecule is COc1cc(C(=O)NC2C[C@H]3CCC[C@@H](C2)N3Cc2nc3ccccc3s2)cc(OC)c1OC. The van der Waals surface area contributed by atoms with Gasteiger partial charge in [-0.15, -0.1) is 11.3 Å². The Labute approximate surface area is 204 Å². The molecule has 7 nitrogen and oxygen atoms in total.